The van der Waals surface area contributed by atoms with Gasteiger partial charge in [0.2, 0.25) is 0 Å². The second-order valence-corrected chi connectivity index (χ2v) is 6.77. The Balaban J connectivity index is 1.80. The average molecular weight is 379 g/mol. The van der Waals surface area contributed by atoms with E-state index in [9.17, 15) is 14.0 Å². The summed E-state index contributed by atoms with van der Waals surface area (Å²) in [6.45, 7) is 0. The summed E-state index contributed by atoms with van der Waals surface area (Å²) in [5.41, 5.74) is 1.28. The fourth-order valence-electron chi connectivity index (χ4n) is 2.74. The van der Waals surface area contributed by atoms with Crippen LogP contribution in [-0.4, -0.2) is 26.1 Å². The highest BCUT2D eigenvalue weighted by atomic mass is 32.2. The normalized spacial score (nSPS) is 11.0. The van der Waals surface area contributed by atoms with E-state index in [1.165, 1.54) is 40.6 Å². The van der Waals surface area contributed by atoms with Crippen LogP contribution in [0.5, 0.6) is 0 Å². The van der Waals surface area contributed by atoms with Gasteiger partial charge in [0.25, 0.3) is 5.56 Å². The molecule has 1 N–H and O–H groups in total. The number of hydrogen-bond donors (Lipinski definition) is 1. The Hall–Kier alpha value is -3.19. The number of carbonyl (C=O) groups excluding carboxylic acids is 1. The van der Waals surface area contributed by atoms with E-state index in [-0.39, 0.29) is 17.1 Å². The van der Waals surface area contributed by atoms with Gasteiger partial charge in [-0.25, -0.2) is 9.37 Å². The van der Waals surface area contributed by atoms with Crippen LogP contribution in [-0.2, 0) is 0 Å². The van der Waals surface area contributed by atoms with Gasteiger partial charge in [-0.15, -0.1) is 0 Å². The number of carbonyl (C=O) groups is 1. The van der Waals surface area contributed by atoms with Crippen molar-refractivity contribution in [3.05, 3.63) is 88.7 Å². The monoisotopic (exact) mass is 379 g/mol. The molecule has 0 atom stereocenters. The van der Waals surface area contributed by atoms with E-state index in [1.54, 1.807) is 42.6 Å². The maximum Gasteiger partial charge on any atom is 0.266 e. The van der Waals surface area contributed by atoms with Crippen LogP contribution in [0.2, 0.25) is 0 Å². The first kappa shape index (κ1) is 17.2. The Morgan fingerprint density at radius 1 is 1.07 bits per heavy atom. The molecule has 27 heavy (non-hydrogen) atoms. The zero-order valence-electron chi connectivity index (χ0n) is 14.1. The first-order chi connectivity index (χ1) is 13.1. The van der Waals surface area contributed by atoms with Gasteiger partial charge < -0.3 is 4.98 Å². The van der Waals surface area contributed by atoms with Gasteiger partial charge in [0.1, 0.15) is 5.82 Å². The molecule has 0 aliphatic heterocycles. The van der Waals surface area contributed by atoms with Crippen molar-refractivity contribution in [2.75, 3.05) is 5.75 Å². The Bertz CT molecular complexity index is 1170. The summed E-state index contributed by atoms with van der Waals surface area (Å²) in [7, 11) is 0. The Morgan fingerprint density at radius 3 is 2.59 bits per heavy atom. The van der Waals surface area contributed by atoms with Gasteiger partial charge in [0.05, 0.1) is 28.0 Å². The van der Waals surface area contributed by atoms with Crippen molar-refractivity contribution in [1.29, 1.82) is 0 Å². The van der Waals surface area contributed by atoms with E-state index >= 15 is 0 Å². The maximum absolute atomic E-state index is 13.3. The largest absolute Gasteiger partial charge is 0.359 e. The Kier molecular flexibility index (Phi) is 4.60. The molecule has 0 fully saturated rings. The van der Waals surface area contributed by atoms with Crippen LogP contribution < -0.4 is 5.56 Å². The second kappa shape index (κ2) is 7.20. The van der Waals surface area contributed by atoms with Gasteiger partial charge in [-0.1, -0.05) is 23.9 Å². The minimum absolute atomic E-state index is 0.0990. The predicted molar refractivity (Wildman–Crippen MR) is 103 cm³/mol. The number of fused-ring (bicyclic) bond motifs is 1. The molecule has 0 saturated carbocycles. The fourth-order valence-corrected chi connectivity index (χ4v) is 3.63. The van der Waals surface area contributed by atoms with Crippen molar-refractivity contribution in [3.63, 3.8) is 0 Å². The molecule has 0 bridgehead atoms. The van der Waals surface area contributed by atoms with Crippen LogP contribution in [0.25, 0.3) is 16.6 Å². The van der Waals surface area contributed by atoms with Gasteiger partial charge in [-0.3, -0.25) is 14.2 Å². The molecule has 2 heterocycles. The number of rotatable bonds is 5. The van der Waals surface area contributed by atoms with Gasteiger partial charge in [0, 0.05) is 6.20 Å². The molecule has 2 aromatic carbocycles. The number of hydrogen-bond acceptors (Lipinski definition) is 4. The van der Waals surface area contributed by atoms with E-state index < -0.39 is 5.82 Å². The summed E-state index contributed by atoms with van der Waals surface area (Å²) in [5, 5.41) is 0.840. The van der Waals surface area contributed by atoms with Crippen molar-refractivity contribution < 1.29 is 9.18 Å². The summed E-state index contributed by atoms with van der Waals surface area (Å²) in [6.07, 6.45) is 1.68. The number of nitrogens with zero attached hydrogens (tertiary/aromatic N) is 2. The predicted octanol–water partition coefficient (Wildman–Crippen LogP) is 3.83. The third kappa shape index (κ3) is 3.41. The molecule has 0 aliphatic carbocycles. The number of H-pyrrole nitrogens is 1. The standard InChI is InChI=1S/C20H14FN3O2S/c21-13-7-9-14(10-8-13)24-19(26)15-4-1-2-5-16(15)23-20(24)27-12-18(25)17-6-3-11-22-17/h1-11,22H,12H2. The lowest BCUT2D eigenvalue weighted by molar-refractivity contribution is 0.101. The molecule has 0 unspecified atom stereocenters. The van der Waals surface area contributed by atoms with E-state index in [2.05, 4.69) is 9.97 Å². The Labute approximate surface area is 157 Å². The first-order valence-electron chi connectivity index (χ1n) is 8.20. The van der Waals surface area contributed by atoms with Gasteiger partial charge >= 0.3 is 0 Å². The number of aromatic nitrogens is 3. The molecule has 2 aromatic heterocycles. The number of para-hydroxylation sites is 1. The van der Waals surface area contributed by atoms with Crippen molar-refractivity contribution in [1.82, 2.24) is 14.5 Å². The lowest BCUT2D eigenvalue weighted by Crippen LogP contribution is -2.22. The van der Waals surface area contributed by atoms with Crippen LogP contribution in [0.4, 0.5) is 4.39 Å². The smallest absolute Gasteiger partial charge is 0.266 e. The van der Waals surface area contributed by atoms with E-state index in [0.29, 0.717) is 27.4 Å². The number of Topliss-reactive ketones (excluding diaryl/α,β-unsaturated/α-hetero) is 1. The van der Waals surface area contributed by atoms with E-state index in [0.717, 1.165) is 0 Å². The molecule has 7 heteroatoms. The van der Waals surface area contributed by atoms with E-state index in [1.807, 2.05) is 0 Å². The quantitative estimate of drug-likeness (QED) is 0.325. The van der Waals surface area contributed by atoms with Crippen LogP contribution in [0.15, 0.2) is 76.8 Å². The minimum atomic E-state index is -0.392. The molecule has 0 amide bonds. The van der Waals surface area contributed by atoms with E-state index in [4.69, 9.17) is 0 Å². The van der Waals surface area contributed by atoms with Crippen molar-refractivity contribution in [2.24, 2.45) is 0 Å². The Morgan fingerprint density at radius 2 is 1.85 bits per heavy atom. The number of nitrogens with one attached hydrogen (secondary N) is 1. The molecule has 0 radical (unpaired) electrons. The zero-order chi connectivity index (χ0) is 18.8. The molecule has 0 aliphatic rings. The van der Waals surface area contributed by atoms with Crippen LogP contribution >= 0.6 is 11.8 Å². The first-order valence-corrected chi connectivity index (χ1v) is 9.19. The van der Waals surface area contributed by atoms with Crippen LogP contribution in [0.3, 0.4) is 0 Å². The number of benzene rings is 2. The second-order valence-electron chi connectivity index (χ2n) is 5.82. The third-order valence-electron chi connectivity index (χ3n) is 4.06. The van der Waals surface area contributed by atoms with Crippen LogP contribution in [0, 0.1) is 5.82 Å². The zero-order valence-corrected chi connectivity index (χ0v) is 14.9. The lowest BCUT2D eigenvalue weighted by atomic mass is 10.2. The van der Waals surface area contributed by atoms with Crippen molar-refractivity contribution in [2.45, 2.75) is 5.16 Å². The lowest BCUT2D eigenvalue weighted by Gasteiger charge is -2.13. The van der Waals surface area contributed by atoms with Crippen molar-refractivity contribution in [3.8, 4) is 5.69 Å². The van der Waals surface area contributed by atoms with Gasteiger partial charge in [0.15, 0.2) is 10.9 Å². The highest BCUT2D eigenvalue weighted by Gasteiger charge is 2.15. The summed E-state index contributed by atoms with van der Waals surface area (Å²) < 4.78 is 14.7. The van der Waals surface area contributed by atoms with Gasteiger partial charge in [-0.2, -0.15) is 0 Å². The molecular weight excluding hydrogens is 365 g/mol. The highest BCUT2D eigenvalue weighted by Crippen LogP contribution is 2.22. The third-order valence-corrected chi connectivity index (χ3v) is 5.00. The maximum atomic E-state index is 13.3. The average Bonchev–Trinajstić information content (AvgIpc) is 3.22. The topological polar surface area (TPSA) is 67.8 Å². The van der Waals surface area contributed by atoms with Crippen molar-refractivity contribution >= 4 is 28.4 Å². The molecule has 0 saturated heterocycles. The summed E-state index contributed by atoms with van der Waals surface area (Å²) in [5.74, 6) is -0.373. The molecule has 4 aromatic rings. The molecule has 4 rings (SSSR count). The number of thioether (sulfide) groups is 1. The minimum Gasteiger partial charge on any atom is -0.359 e. The molecule has 5 nitrogen and oxygen atoms in total. The molecular formula is C20H14FN3O2S. The highest BCUT2D eigenvalue weighted by molar-refractivity contribution is 7.99. The summed E-state index contributed by atoms with van der Waals surface area (Å²) >= 11 is 1.17. The SMILES string of the molecule is O=C(CSc1nc2ccccc2c(=O)n1-c1ccc(F)cc1)c1ccc[nH]1. The number of halogens is 1. The fraction of sp³-hybridized carbons (Fsp3) is 0.0500. The summed E-state index contributed by atoms with van der Waals surface area (Å²) in [6, 6.07) is 16.1. The summed E-state index contributed by atoms with van der Waals surface area (Å²) in [4.78, 5) is 32.8. The van der Waals surface area contributed by atoms with Crippen LogP contribution in [0.1, 0.15) is 10.5 Å². The number of ketones is 1. The number of aromatic amines is 1. The molecule has 134 valence electrons. The molecule has 0 spiro atoms. The van der Waals surface area contributed by atoms with Gasteiger partial charge in [-0.05, 0) is 48.5 Å².